The number of halogens is 1. The van der Waals surface area contributed by atoms with Gasteiger partial charge in [-0.25, -0.2) is 0 Å². The summed E-state index contributed by atoms with van der Waals surface area (Å²) >= 11 is 6.06. The number of hydrogen-bond donors (Lipinski definition) is 2. The van der Waals surface area contributed by atoms with Gasteiger partial charge in [-0.2, -0.15) is 0 Å². The number of rotatable bonds is 4. The average Bonchev–Trinajstić information content (AvgIpc) is 2.92. The fourth-order valence-electron chi connectivity index (χ4n) is 3.22. The van der Waals surface area contributed by atoms with Crippen molar-refractivity contribution in [1.29, 1.82) is 0 Å². The van der Waals surface area contributed by atoms with Crippen molar-refractivity contribution in [1.82, 2.24) is 5.32 Å². The molecular formula is C21H23ClN2O2. The highest BCUT2D eigenvalue weighted by Gasteiger charge is 2.16. The third-order valence-corrected chi connectivity index (χ3v) is 5.05. The van der Waals surface area contributed by atoms with Crippen molar-refractivity contribution < 1.29 is 9.59 Å². The second-order valence-corrected chi connectivity index (χ2v) is 7.08. The minimum Gasteiger partial charge on any atom is -0.349 e. The van der Waals surface area contributed by atoms with Gasteiger partial charge in [-0.1, -0.05) is 49.4 Å². The molecule has 4 nitrogen and oxygen atoms in total. The summed E-state index contributed by atoms with van der Waals surface area (Å²) in [5.41, 5.74) is 1.62. The van der Waals surface area contributed by atoms with Crippen molar-refractivity contribution in [3.05, 3.63) is 64.7 Å². The lowest BCUT2D eigenvalue weighted by Gasteiger charge is -2.16. The molecule has 26 heavy (non-hydrogen) atoms. The number of para-hydroxylation sites is 1. The molecule has 2 amide bonds. The zero-order valence-electron chi connectivity index (χ0n) is 14.6. The van der Waals surface area contributed by atoms with E-state index in [1.807, 2.05) is 6.07 Å². The maximum Gasteiger partial charge on any atom is 0.255 e. The number of nitrogens with one attached hydrogen (secondary N) is 2. The van der Waals surface area contributed by atoms with Crippen LogP contribution in [0.5, 0.6) is 0 Å². The predicted octanol–water partition coefficient (Wildman–Crippen LogP) is 5.04. The Morgan fingerprint density at radius 3 is 2.00 bits per heavy atom. The van der Waals surface area contributed by atoms with Crippen molar-refractivity contribution in [2.24, 2.45) is 0 Å². The van der Waals surface area contributed by atoms with E-state index in [0.717, 1.165) is 12.8 Å². The molecule has 0 aliphatic heterocycles. The summed E-state index contributed by atoms with van der Waals surface area (Å²) in [5, 5.41) is 6.38. The topological polar surface area (TPSA) is 58.2 Å². The minimum absolute atomic E-state index is 0.0741. The number of benzene rings is 2. The molecule has 2 N–H and O–H groups in total. The summed E-state index contributed by atoms with van der Waals surface area (Å²) in [7, 11) is 0. The van der Waals surface area contributed by atoms with Crippen molar-refractivity contribution in [2.45, 2.75) is 44.6 Å². The summed E-state index contributed by atoms with van der Waals surface area (Å²) in [6.45, 7) is 0. The highest BCUT2D eigenvalue weighted by atomic mass is 35.5. The van der Waals surface area contributed by atoms with Gasteiger partial charge in [0.05, 0.1) is 10.7 Å². The van der Waals surface area contributed by atoms with Crippen LogP contribution in [0.15, 0.2) is 48.5 Å². The van der Waals surface area contributed by atoms with Gasteiger partial charge in [0.15, 0.2) is 0 Å². The molecule has 136 valence electrons. The molecule has 1 saturated carbocycles. The molecule has 0 unspecified atom stereocenters. The smallest absolute Gasteiger partial charge is 0.255 e. The third-order valence-electron chi connectivity index (χ3n) is 4.72. The normalized spacial score (nSPS) is 15.1. The Bertz CT molecular complexity index is 766. The van der Waals surface area contributed by atoms with Crippen molar-refractivity contribution in [3.8, 4) is 0 Å². The van der Waals surface area contributed by atoms with Gasteiger partial charge in [0.25, 0.3) is 11.8 Å². The van der Waals surface area contributed by atoms with Crippen molar-refractivity contribution in [2.75, 3.05) is 5.32 Å². The van der Waals surface area contributed by atoms with Crippen LogP contribution in [0.2, 0.25) is 5.02 Å². The molecule has 2 aromatic carbocycles. The van der Waals surface area contributed by atoms with Crippen molar-refractivity contribution in [3.63, 3.8) is 0 Å². The Morgan fingerprint density at radius 1 is 0.808 bits per heavy atom. The van der Waals surface area contributed by atoms with Crippen LogP contribution in [0.1, 0.15) is 59.2 Å². The van der Waals surface area contributed by atoms with Crippen LogP contribution in [0.3, 0.4) is 0 Å². The highest BCUT2D eigenvalue weighted by molar-refractivity contribution is 6.33. The Hall–Kier alpha value is -2.33. The molecule has 0 bridgehead atoms. The molecule has 1 fully saturated rings. The lowest BCUT2D eigenvalue weighted by molar-refractivity contribution is 0.0932. The number of carbonyl (C=O) groups excluding carboxylic acids is 2. The van der Waals surface area contributed by atoms with Crippen LogP contribution in [-0.4, -0.2) is 17.9 Å². The maximum absolute atomic E-state index is 12.4. The molecule has 0 saturated heterocycles. The molecule has 2 aromatic rings. The van der Waals surface area contributed by atoms with E-state index in [2.05, 4.69) is 10.6 Å². The van der Waals surface area contributed by atoms with E-state index in [4.69, 9.17) is 11.6 Å². The van der Waals surface area contributed by atoms with Gasteiger partial charge in [-0.15, -0.1) is 0 Å². The Balaban J connectivity index is 1.61. The van der Waals surface area contributed by atoms with Gasteiger partial charge in [-0.3, -0.25) is 9.59 Å². The van der Waals surface area contributed by atoms with E-state index < -0.39 is 0 Å². The molecule has 0 radical (unpaired) electrons. The Morgan fingerprint density at radius 2 is 1.38 bits per heavy atom. The molecule has 1 aliphatic carbocycles. The van der Waals surface area contributed by atoms with E-state index in [9.17, 15) is 9.59 Å². The van der Waals surface area contributed by atoms with Gasteiger partial charge in [0.2, 0.25) is 0 Å². The van der Waals surface area contributed by atoms with Crippen LogP contribution >= 0.6 is 11.6 Å². The zero-order chi connectivity index (χ0) is 18.4. The van der Waals surface area contributed by atoms with Gasteiger partial charge in [0.1, 0.15) is 0 Å². The largest absolute Gasteiger partial charge is 0.349 e. The molecule has 1 aliphatic rings. The van der Waals surface area contributed by atoms with Crippen LogP contribution in [0, 0.1) is 0 Å². The summed E-state index contributed by atoms with van der Waals surface area (Å²) < 4.78 is 0. The highest BCUT2D eigenvalue weighted by Crippen LogP contribution is 2.21. The van der Waals surface area contributed by atoms with Gasteiger partial charge in [-0.05, 0) is 49.2 Å². The van der Waals surface area contributed by atoms with E-state index in [1.54, 1.807) is 42.5 Å². The number of amides is 2. The van der Waals surface area contributed by atoms with Crippen LogP contribution in [-0.2, 0) is 0 Å². The van der Waals surface area contributed by atoms with Gasteiger partial charge in [0, 0.05) is 17.2 Å². The van der Waals surface area contributed by atoms with Crippen LogP contribution in [0.25, 0.3) is 0 Å². The average molecular weight is 371 g/mol. The zero-order valence-corrected chi connectivity index (χ0v) is 15.4. The van der Waals surface area contributed by atoms with Gasteiger partial charge >= 0.3 is 0 Å². The summed E-state index contributed by atoms with van der Waals surface area (Å²) in [6, 6.07) is 14.0. The quantitative estimate of drug-likeness (QED) is 0.740. The van der Waals surface area contributed by atoms with E-state index >= 15 is 0 Å². The molecule has 5 heteroatoms. The molecule has 0 aromatic heterocycles. The number of anilines is 1. The first-order valence-corrected chi connectivity index (χ1v) is 9.48. The molecule has 0 spiro atoms. The molecule has 3 rings (SSSR count). The molecular weight excluding hydrogens is 348 g/mol. The first-order chi connectivity index (χ1) is 12.6. The summed E-state index contributed by atoms with van der Waals surface area (Å²) in [6.07, 6.45) is 6.94. The van der Waals surface area contributed by atoms with Crippen molar-refractivity contribution >= 4 is 29.1 Å². The van der Waals surface area contributed by atoms with Crippen LogP contribution < -0.4 is 10.6 Å². The van der Waals surface area contributed by atoms with E-state index in [0.29, 0.717) is 21.8 Å². The number of carbonyl (C=O) groups is 2. The first-order valence-electron chi connectivity index (χ1n) is 9.10. The fourth-order valence-corrected chi connectivity index (χ4v) is 3.41. The summed E-state index contributed by atoms with van der Waals surface area (Å²) in [4.78, 5) is 24.7. The van der Waals surface area contributed by atoms with E-state index in [-0.39, 0.29) is 17.9 Å². The molecule has 0 atom stereocenters. The maximum atomic E-state index is 12.4. The second-order valence-electron chi connectivity index (χ2n) is 6.67. The Labute approximate surface area is 158 Å². The summed E-state index contributed by atoms with van der Waals surface area (Å²) in [5.74, 6) is -0.330. The molecule has 0 heterocycles. The number of hydrogen-bond acceptors (Lipinski definition) is 2. The van der Waals surface area contributed by atoms with Crippen LogP contribution in [0.4, 0.5) is 5.69 Å². The first kappa shape index (κ1) is 18.5. The second kappa shape index (κ2) is 8.86. The fraction of sp³-hybridized carbons (Fsp3) is 0.333. The predicted molar refractivity (Wildman–Crippen MR) is 105 cm³/mol. The minimum atomic E-state index is -0.256. The monoisotopic (exact) mass is 370 g/mol. The SMILES string of the molecule is O=C(Nc1ccccc1Cl)c1ccc(C(=O)NC2CCCCCC2)cc1. The lowest BCUT2D eigenvalue weighted by Crippen LogP contribution is -2.34. The third kappa shape index (κ3) is 4.85. The lowest BCUT2D eigenvalue weighted by atomic mass is 10.1. The Kier molecular flexibility index (Phi) is 6.29. The standard InChI is InChI=1S/C21H23ClN2O2/c22-18-9-5-6-10-19(18)24-21(26)16-13-11-15(12-14-16)20(25)23-17-7-3-1-2-4-8-17/h5-6,9-14,17H,1-4,7-8H2,(H,23,25)(H,24,26). The van der Waals surface area contributed by atoms with Gasteiger partial charge < -0.3 is 10.6 Å². The van der Waals surface area contributed by atoms with E-state index in [1.165, 1.54) is 25.7 Å².